The van der Waals surface area contributed by atoms with E-state index in [0.29, 0.717) is 0 Å². The minimum atomic E-state index is 0.777. The van der Waals surface area contributed by atoms with Gasteiger partial charge >= 0.3 is 0 Å². The predicted octanol–water partition coefficient (Wildman–Crippen LogP) is 2.56. The molecule has 0 aliphatic heterocycles. The molecule has 0 atom stereocenters. The lowest BCUT2D eigenvalue weighted by Gasteiger charge is -2.02. The smallest absolute Gasteiger partial charge is 0.159 e. The van der Waals surface area contributed by atoms with Crippen molar-refractivity contribution in [1.29, 1.82) is 0 Å². The highest BCUT2D eigenvalue weighted by molar-refractivity contribution is 5.54. The Balaban J connectivity index is 2.52. The van der Waals surface area contributed by atoms with Crippen molar-refractivity contribution in [3.8, 4) is 11.4 Å². The zero-order valence-electron chi connectivity index (χ0n) is 8.28. The summed E-state index contributed by atoms with van der Waals surface area (Å²) in [6, 6.07) is 12.7. The van der Waals surface area contributed by atoms with Gasteiger partial charge in [0.05, 0.1) is 0 Å². The highest BCUT2D eigenvalue weighted by atomic mass is 14.9. The van der Waals surface area contributed by atoms with Crippen molar-refractivity contribution in [2.24, 2.45) is 0 Å². The molecule has 2 heteroatoms. The summed E-state index contributed by atoms with van der Waals surface area (Å²) in [6.45, 7) is 3.95. The maximum Gasteiger partial charge on any atom is 0.159 e. The molecule has 2 nitrogen and oxygen atoms in total. The average molecular weight is 183 g/mol. The number of nitrogens with zero attached hydrogens (tertiary/aromatic N) is 2. The van der Waals surface area contributed by atoms with Crippen LogP contribution in [0.3, 0.4) is 0 Å². The molecular weight excluding hydrogens is 172 g/mol. The third kappa shape index (κ3) is 1.79. The third-order valence-electron chi connectivity index (χ3n) is 1.95. The lowest BCUT2D eigenvalue weighted by atomic mass is 10.2. The molecule has 1 radical (unpaired) electrons. The fourth-order valence-corrected chi connectivity index (χ4v) is 1.39. The van der Waals surface area contributed by atoms with Gasteiger partial charge in [0.15, 0.2) is 5.82 Å². The largest absolute Gasteiger partial charge is 0.233 e. The molecule has 0 fully saturated rings. The van der Waals surface area contributed by atoms with Gasteiger partial charge < -0.3 is 0 Å². The molecule has 0 aliphatic rings. The zero-order valence-corrected chi connectivity index (χ0v) is 8.28. The maximum absolute atomic E-state index is 4.37. The Morgan fingerprint density at radius 1 is 1.14 bits per heavy atom. The minimum Gasteiger partial charge on any atom is -0.233 e. The number of benzene rings is 1. The number of rotatable bonds is 1. The Hall–Kier alpha value is -1.70. The highest BCUT2D eigenvalue weighted by Crippen LogP contribution is 2.14. The van der Waals surface area contributed by atoms with Gasteiger partial charge in [0.25, 0.3) is 0 Å². The summed E-state index contributed by atoms with van der Waals surface area (Å²) in [5, 5.41) is 0. The third-order valence-corrected chi connectivity index (χ3v) is 1.95. The molecule has 0 unspecified atom stereocenters. The van der Waals surface area contributed by atoms with Crippen LogP contribution in [0.1, 0.15) is 11.4 Å². The van der Waals surface area contributed by atoms with Crippen LogP contribution in [0.5, 0.6) is 0 Å². The molecule has 0 saturated heterocycles. The fraction of sp³-hybridized carbons (Fsp3) is 0.167. The molecular formula is C12H11N2. The normalized spacial score (nSPS) is 10.1. The van der Waals surface area contributed by atoms with E-state index in [4.69, 9.17) is 0 Å². The zero-order chi connectivity index (χ0) is 9.97. The second kappa shape index (κ2) is 3.58. The molecule has 14 heavy (non-hydrogen) atoms. The second-order valence-corrected chi connectivity index (χ2v) is 3.27. The van der Waals surface area contributed by atoms with Gasteiger partial charge in [-0.3, -0.25) is 0 Å². The monoisotopic (exact) mass is 183 g/mol. The van der Waals surface area contributed by atoms with E-state index in [1.807, 2.05) is 44.2 Å². The first kappa shape index (κ1) is 8.88. The molecule has 0 saturated carbocycles. The van der Waals surface area contributed by atoms with Crippen LogP contribution in [0.2, 0.25) is 0 Å². The molecule has 0 N–H and O–H groups in total. The number of aromatic nitrogens is 2. The Morgan fingerprint density at radius 2 is 1.86 bits per heavy atom. The Kier molecular flexibility index (Phi) is 2.27. The Morgan fingerprint density at radius 3 is 2.43 bits per heavy atom. The molecule has 0 amide bonds. The van der Waals surface area contributed by atoms with Gasteiger partial charge in [-0.15, -0.1) is 0 Å². The molecule has 1 heterocycles. The summed E-state index contributed by atoms with van der Waals surface area (Å²) < 4.78 is 0. The van der Waals surface area contributed by atoms with Crippen molar-refractivity contribution in [3.05, 3.63) is 47.8 Å². The summed E-state index contributed by atoms with van der Waals surface area (Å²) in [4.78, 5) is 8.75. The number of hydrogen-bond donors (Lipinski definition) is 0. The van der Waals surface area contributed by atoms with Crippen LogP contribution < -0.4 is 0 Å². The van der Waals surface area contributed by atoms with Crippen LogP contribution >= 0.6 is 0 Å². The van der Waals surface area contributed by atoms with Crippen molar-refractivity contribution >= 4 is 0 Å². The average Bonchev–Trinajstić information content (AvgIpc) is 2.18. The van der Waals surface area contributed by atoms with Gasteiger partial charge in [0.2, 0.25) is 0 Å². The van der Waals surface area contributed by atoms with E-state index in [1.54, 1.807) is 0 Å². The van der Waals surface area contributed by atoms with Crippen molar-refractivity contribution in [2.75, 3.05) is 0 Å². The summed E-state index contributed by atoms with van der Waals surface area (Å²) in [5.41, 5.74) is 3.01. The van der Waals surface area contributed by atoms with E-state index < -0.39 is 0 Å². The van der Waals surface area contributed by atoms with Gasteiger partial charge in [-0.25, -0.2) is 9.97 Å². The van der Waals surface area contributed by atoms with Crippen LogP contribution in [0, 0.1) is 19.9 Å². The molecule has 0 spiro atoms. The molecule has 0 bridgehead atoms. The topological polar surface area (TPSA) is 25.8 Å². The Bertz CT molecular complexity index is 415. The van der Waals surface area contributed by atoms with Crippen LogP contribution in [0.25, 0.3) is 11.4 Å². The van der Waals surface area contributed by atoms with Crippen molar-refractivity contribution in [3.63, 3.8) is 0 Å². The molecule has 0 aliphatic carbocycles. The van der Waals surface area contributed by atoms with Crippen LogP contribution in [0.15, 0.2) is 30.3 Å². The van der Waals surface area contributed by atoms with Gasteiger partial charge in [-0.05, 0) is 32.0 Å². The summed E-state index contributed by atoms with van der Waals surface area (Å²) >= 11 is 0. The van der Waals surface area contributed by atoms with Gasteiger partial charge in [-0.1, -0.05) is 18.2 Å². The quantitative estimate of drug-likeness (QED) is 0.679. The van der Waals surface area contributed by atoms with Crippen LogP contribution in [0.4, 0.5) is 0 Å². The van der Waals surface area contributed by atoms with E-state index >= 15 is 0 Å². The first-order valence-corrected chi connectivity index (χ1v) is 4.54. The van der Waals surface area contributed by atoms with Crippen LogP contribution in [-0.4, -0.2) is 9.97 Å². The molecule has 1 aromatic heterocycles. The Labute approximate surface area is 83.7 Å². The number of hydrogen-bond acceptors (Lipinski definition) is 2. The molecule has 1 aromatic carbocycles. The molecule has 69 valence electrons. The van der Waals surface area contributed by atoms with Crippen molar-refractivity contribution < 1.29 is 0 Å². The second-order valence-electron chi connectivity index (χ2n) is 3.27. The van der Waals surface area contributed by atoms with E-state index in [9.17, 15) is 0 Å². The summed E-state index contributed by atoms with van der Waals surface area (Å²) in [6.07, 6.45) is 0. The summed E-state index contributed by atoms with van der Waals surface area (Å²) in [7, 11) is 0. The fourth-order valence-electron chi connectivity index (χ4n) is 1.39. The van der Waals surface area contributed by atoms with Gasteiger partial charge in [0.1, 0.15) is 0 Å². The van der Waals surface area contributed by atoms with Crippen LogP contribution in [-0.2, 0) is 0 Å². The van der Waals surface area contributed by atoms with E-state index in [0.717, 1.165) is 22.8 Å². The highest BCUT2D eigenvalue weighted by Gasteiger charge is 2.01. The standard InChI is InChI=1S/C12H11N2/c1-9-8-10(2)14-12(13-9)11-6-4-3-5-7-11/h3-4,6-8H,1-2H3. The van der Waals surface area contributed by atoms with E-state index in [-0.39, 0.29) is 0 Å². The lowest BCUT2D eigenvalue weighted by molar-refractivity contribution is 1.06. The van der Waals surface area contributed by atoms with Crippen molar-refractivity contribution in [1.82, 2.24) is 9.97 Å². The van der Waals surface area contributed by atoms with Crippen molar-refractivity contribution in [2.45, 2.75) is 13.8 Å². The first-order valence-electron chi connectivity index (χ1n) is 4.54. The lowest BCUT2D eigenvalue weighted by Crippen LogP contribution is -1.93. The van der Waals surface area contributed by atoms with E-state index in [1.165, 1.54) is 0 Å². The maximum atomic E-state index is 4.37. The van der Waals surface area contributed by atoms with Gasteiger partial charge in [-0.2, -0.15) is 0 Å². The SMILES string of the molecule is Cc1cc(C)nc(-c2c[c]ccc2)n1. The first-order chi connectivity index (χ1) is 6.75. The summed E-state index contributed by atoms with van der Waals surface area (Å²) in [5.74, 6) is 0.777. The minimum absolute atomic E-state index is 0.777. The predicted molar refractivity (Wildman–Crippen MR) is 55.8 cm³/mol. The number of aryl methyl sites for hydroxylation is 2. The molecule has 2 rings (SSSR count). The van der Waals surface area contributed by atoms with E-state index in [2.05, 4.69) is 16.0 Å². The molecule has 2 aromatic rings. The van der Waals surface area contributed by atoms with Gasteiger partial charge in [0, 0.05) is 17.0 Å².